The Hall–Kier alpha value is -0.380. The quantitative estimate of drug-likeness (QED) is 0.854. The van der Waals surface area contributed by atoms with E-state index in [-0.39, 0.29) is 0 Å². The second-order valence-electron chi connectivity index (χ2n) is 5.80. The SMILES string of the molecule is CCC1CCCN(C(C)CNCc2cccs2)CC1. The van der Waals surface area contributed by atoms with Crippen LogP contribution in [0.2, 0.25) is 0 Å². The summed E-state index contributed by atoms with van der Waals surface area (Å²) >= 11 is 1.84. The summed E-state index contributed by atoms with van der Waals surface area (Å²) in [6.07, 6.45) is 5.57. The third-order valence-corrected chi connectivity index (χ3v) is 5.28. The molecule has 1 fully saturated rings. The Morgan fingerprint density at radius 1 is 1.42 bits per heavy atom. The maximum atomic E-state index is 3.60. The number of hydrogen-bond acceptors (Lipinski definition) is 3. The largest absolute Gasteiger partial charge is 0.310 e. The number of thiophene rings is 1. The van der Waals surface area contributed by atoms with E-state index in [0.29, 0.717) is 6.04 Å². The van der Waals surface area contributed by atoms with Gasteiger partial charge in [-0.2, -0.15) is 0 Å². The molecule has 1 saturated heterocycles. The Labute approximate surface area is 122 Å². The molecule has 2 nitrogen and oxygen atoms in total. The van der Waals surface area contributed by atoms with E-state index in [1.165, 1.54) is 43.6 Å². The van der Waals surface area contributed by atoms with E-state index < -0.39 is 0 Å². The van der Waals surface area contributed by atoms with Gasteiger partial charge in [0.2, 0.25) is 0 Å². The van der Waals surface area contributed by atoms with Crippen molar-refractivity contribution in [2.75, 3.05) is 19.6 Å². The summed E-state index contributed by atoms with van der Waals surface area (Å²) in [5.41, 5.74) is 0. The van der Waals surface area contributed by atoms with Gasteiger partial charge in [0.25, 0.3) is 0 Å². The smallest absolute Gasteiger partial charge is 0.0300 e. The third-order valence-electron chi connectivity index (χ3n) is 4.40. The van der Waals surface area contributed by atoms with Crippen LogP contribution in [-0.4, -0.2) is 30.6 Å². The molecule has 0 saturated carbocycles. The van der Waals surface area contributed by atoms with Gasteiger partial charge in [0.05, 0.1) is 0 Å². The molecule has 0 radical (unpaired) electrons. The minimum atomic E-state index is 0.663. The van der Waals surface area contributed by atoms with Gasteiger partial charge in [0.15, 0.2) is 0 Å². The van der Waals surface area contributed by atoms with Gasteiger partial charge in [0, 0.05) is 24.0 Å². The normalized spacial score (nSPS) is 23.2. The lowest BCUT2D eigenvalue weighted by Crippen LogP contribution is -2.40. The third kappa shape index (κ3) is 4.90. The van der Waals surface area contributed by atoms with Gasteiger partial charge in [-0.1, -0.05) is 19.4 Å². The summed E-state index contributed by atoms with van der Waals surface area (Å²) in [6, 6.07) is 5.00. The molecule has 1 N–H and O–H groups in total. The maximum absolute atomic E-state index is 3.60. The van der Waals surface area contributed by atoms with Crippen molar-refractivity contribution in [1.82, 2.24) is 10.2 Å². The van der Waals surface area contributed by atoms with E-state index >= 15 is 0 Å². The van der Waals surface area contributed by atoms with Gasteiger partial charge in [-0.25, -0.2) is 0 Å². The zero-order valence-electron chi connectivity index (χ0n) is 12.4. The average Bonchev–Trinajstić information content (AvgIpc) is 2.81. The van der Waals surface area contributed by atoms with Gasteiger partial charge in [-0.05, 0) is 56.6 Å². The molecular formula is C16H28N2S. The molecule has 0 aliphatic carbocycles. The fourth-order valence-electron chi connectivity index (χ4n) is 2.98. The van der Waals surface area contributed by atoms with Crippen LogP contribution in [0.15, 0.2) is 17.5 Å². The summed E-state index contributed by atoms with van der Waals surface area (Å²) in [5, 5.41) is 5.75. The molecule has 1 aliphatic rings. The first-order valence-electron chi connectivity index (χ1n) is 7.76. The van der Waals surface area contributed by atoms with Crippen LogP contribution in [0.25, 0.3) is 0 Å². The van der Waals surface area contributed by atoms with Crippen LogP contribution >= 0.6 is 11.3 Å². The molecule has 0 spiro atoms. The second kappa shape index (κ2) is 8.03. The van der Waals surface area contributed by atoms with E-state index in [1.54, 1.807) is 0 Å². The van der Waals surface area contributed by atoms with Gasteiger partial charge < -0.3 is 5.32 Å². The summed E-state index contributed by atoms with van der Waals surface area (Å²) in [4.78, 5) is 4.12. The van der Waals surface area contributed by atoms with Crippen LogP contribution in [0.1, 0.15) is 44.4 Å². The summed E-state index contributed by atoms with van der Waals surface area (Å²) in [7, 11) is 0. The standard InChI is InChI=1S/C16H28N2S/c1-3-15-6-4-9-18(10-8-15)14(2)12-17-13-16-7-5-11-19-16/h5,7,11,14-15,17H,3-4,6,8-10,12-13H2,1-2H3. The molecule has 0 aromatic carbocycles. The van der Waals surface area contributed by atoms with Gasteiger partial charge in [-0.3, -0.25) is 4.90 Å². The van der Waals surface area contributed by atoms with Crippen molar-refractivity contribution in [3.63, 3.8) is 0 Å². The number of likely N-dealkylation sites (tertiary alicyclic amines) is 1. The molecule has 108 valence electrons. The Morgan fingerprint density at radius 2 is 2.32 bits per heavy atom. The van der Waals surface area contributed by atoms with Crippen LogP contribution in [-0.2, 0) is 6.54 Å². The summed E-state index contributed by atoms with van der Waals surface area (Å²) in [5.74, 6) is 0.969. The number of nitrogens with zero attached hydrogens (tertiary/aromatic N) is 1. The van der Waals surface area contributed by atoms with Gasteiger partial charge >= 0.3 is 0 Å². The minimum absolute atomic E-state index is 0.663. The van der Waals surface area contributed by atoms with E-state index in [0.717, 1.165) is 19.0 Å². The average molecular weight is 280 g/mol. The Kier molecular flexibility index (Phi) is 6.35. The highest BCUT2D eigenvalue weighted by atomic mass is 32.1. The molecule has 1 aromatic heterocycles. The van der Waals surface area contributed by atoms with Crippen LogP contribution in [0.3, 0.4) is 0 Å². The maximum Gasteiger partial charge on any atom is 0.0300 e. The molecule has 0 bridgehead atoms. The van der Waals surface area contributed by atoms with E-state index in [1.807, 2.05) is 11.3 Å². The molecule has 1 aromatic rings. The van der Waals surface area contributed by atoms with Crippen molar-refractivity contribution in [1.29, 1.82) is 0 Å². The first kappa shape index (κ1) is 15.0. The molecule has 2 heterocycles. The Balaban J connectivity index is 1.68. The fraction of sp³-hybridized carbons (Fsp3) is 0.750. The van der Waals surface area contributed by atoms with E-state index in [2.05, 4.69) is 41.6 Å². The minimum Gasteiger partial charge on any atom is -0.310 e. The molecule has 0 amide bonds. The molecule has 2 unspecified atom stereocenters. The predicted octanol–water partition coefficient (Wildman–Crippen LogP) is 3.74. The van der Waals surface area contributed by atoms with Crippen LogP contribution in [0.5, 0.6) is 0 Å². The van der Waals surface area contributed by atoms with E-state index in [9.17, 15) is 0 Å². The Bertz CT molecular complexity index is 337. The first-order chi connectivity index (χ1) is 9.29. The zero-order chi connectivity index (χ0) is 13.5. The van der Waals surface area contributed by atoms with E-state index in [4.69, 9.17) is 0 Å². The Morgan fingerprint density at radius 3 is 3.05 bits per heavy atom. The van der Waals surface area contributed by atoms with Crippen molar-refractivity contribution >= 4 is 11.3 Å². The molecule has 19 heavy (non-hydrogen) atoms. The van der Waals surface area contributed by atoms with Gasteiger partial charge in [0.1, 0.15) is 0 Å². The number of nitrogens with one attached hydrogen (secondary N) is 1. The van der Waals surface area contributed by atoms with Crippen LogP contribution in [0.4, 0.5) is 0 Å². The molecular weight excluding hydrogens is 252 g/mol. The lowest BCUT2D eigenvalue weighted by Gasteiger charge is -2.28. The molecule has 1 aliphatic heterocycles. The predicted molar refractivity (Wildman–Crippen MR) is 84.7 cm³/mol. The molecule has 2 rings (SSSR count). The highest BCUT2D eigenvalue weighted by Gasteiger charge is 2.19. The van der Waals surface area contributed by atoms with Crippen molar-refractivity contribution in [3.05, 3.63) is 22.4 Å². The highest BCUT2D eigenvalue weighted by molar-refractivity contribution is 7.09. The van der Waals surface area contributed by atoms with Crippen molar-refractivity contribution in [3.8, 4) is 0 Å². The summed E-state index contributed by atoms with van der Waals surface area (Å²) in [6.45, 7) is 9.42. The monoisotopic (exact) mass is 280 g/mol. The lowest BCUT2D eigenvalue weighted by atomic mass is 9.98. The number of hydrogen-bond donors (Lipinski definition) is 1. The fourth-order valence-corrected chi connectivity index (χ4v) is 3.66. The van der Waals surface area contributed by atoms with Crippen LogP contribution in [0, 0.1) is 5.92 Å². The summed E-state index contributed by atoms with van der Waals surface area (Å²) < 4.78 is 0. The van der Waals surface area contributed by atoms with Gasteiger partial charge in [-0.15, -0.1) is 11.3 Å². The first-order valence-corrected chi connectivity index (χ1v) is 8.64. The second-order valence-corrected chi connectivity index (χ2v) is 6.83. The van der Waals surface area contributed by atoms with Crippen molar-refractivity contribution in [2.45, 2.75) is 52.1 Å². The molecule has 3 heteroatoms. The lowest BCUT2D eigenvalue weighted by molar-refractivity contribution is 0.209. The van der Waals surface area contributed by atoms with Crippen molar-refractivity contribution < 1.29 is 0 Å². The molecule has 2 atom stereocenters. The highest BCUT2D eigenvalue weighted by Crippen LogP contribution is 2.21. The van der Waals surface area contributed by atoms with Crippen LogP contribution < -0.4 is 5.32 Å². The number of rotatable bonds is 6. The topological polar surface area (TPSA) is 15.3 Å². The van der Waals surface area contributed by atoms with Crippen molar-refractivity contribution in [2.24, 2.45) is 5.92 Å². The zero-order valence-corrected chi connectivity index (χ0v) is 13.2.